The van der Waals surface area contributed by atoms with Gasteiger partial charge in [0.05, 0.1) is 6.10 Å². The summed E-state index contributed by atoms with van der Waals surface area (Å²) in [6.07, 6.45) is 9.50. The fourth-order valence-electron chi connectivity index (χ4n) is 1.34. The van der Waals surface area contributed by atoms with Gasteiger partial charge in [0.25, 0.3) is 0 Å². The van der Waals surface area contributed by atoms with E-state index in [9.17, 15) is 5.11 Å². The van der Waals surface area contributed by atoms with Crippen molar-refractivity contribution in [2.75, 3.05) is 19.8 Å². The summed E-state index contributed by atoms with van der Waals surface area (Å²) in [6.45, 7) is 0.360. The zero-order chi connectivity index (χ0) is 13.4. The molecule has 0 bridgehead atoms. The van der Waals surface area contributed by atoms with Crippen LogP contribution in [0.1, 0.15) is 11.7 Å². The van der Waals surface area contributed by atoms with Gasteiger partial charge in [0.2, 0.25) is 0 Å². The van der Waals surface area contributed by atoms with Crippen molar-refractivity contribution in [3.05, 3.63) is 23.8 Å². The van der Waals surface area contributed by atoms with Gasteiger partial charge in [-0.2, -0.15) is 0 Å². The summed E-state index contributed by atoms with van der Waals surface area (Å²) in [5.74, 6) is 5.64. The van der Waals surface area contributed by atoms with Crippen molar-refractivity contribution in [2.24, 2.45) is 5.73 Å². The van der Waals surface area contributed by atoms with Crippen LogP contribution in [-0.4, -0.2) is 24.9 Å². The van der Waals surface area contributed by atoms with E-state index in [2.05, 4.69) is 11.8 Å². The molecule has 0 aliphatic carbocycles. The van der Waals surface area contributed by atoms with Crippen LogP contribution < -0.4 is 15.2 Å². The highest BCUT2D eigenvalue weighted by Gasteiger charge is 2.11. The van der Waals surface area contributed by atoms with E-state index in [0.29, 0.717) is 17.1 Å². The fourth-order valence-corrected chi connectivity index (χ4v) is 1.34. The first-order valence-corrected chi connectivity index (χ1v) is 5.37. The van der Waals surface area contributed by atoms with Gasteiger partial charge in [-0.3, -0.25) is 0 Å². The van der Waals surface area contributed by atoms with Gasteiger partial charge in [0, 0.05) is 6.54 Å². The highest BCUT2D eigenvalue weighted by Crippen LogP contribution is 2.30. The van der Waals surface area contributed by atoms with Crippen molar-refractivity contribution in [1.29, 1.82) is 0 Å². The smallest absolute Gasteiger partial charge is 0.163 e. The monoisotopic (exact) mass is 245 g/mol. The van der Waals surface area contributed by atoms with Crippen molar-refractivity contribution in [3.8, 4) is 36.2 Å². The van der Waals surface area contributed by atoms with Crippen LogP contribution in [-0.2, 0) is 0 Å². The van der Waals surface area contributed by atoms with E-state index in [-0.39, 0.29) is 19.8 Å². The van der Waals surface area contributed by atoms with Gasteiger partial charge < -0.3 is 20.3 Å². The Balaban J connectivity index is 2.97. The first-order valence-electron chi connectivity index (χ1n) is 5.37. The molecule has 3 N–H and O–H groups in total. The average Bonchev–Trinajstić information content (AvgIpc) is 2.42. The zero-order valence-electron chi connectivity index (χ0n) is 9.93. The van der Waals surface area contributed by atoms with Gasteiger partial charge in [-0.05, 0) is 17.7 Å². The second kappa shape index (κ2) is 7.24. The van der Waals surface area contributed by atoms with Gasteiger partial charge in [0.15, 0.2) is 11.5 Å². The normalized spacial score (nSPS) is 11.1. The minimum absolute atomic E-state index is 0.106. The molecule has 1 aromatic carbocycles. The Bertz CT molecular complexity index is 471. The lowest BCUT2D eigenvalue weighted by Gasteiger charge is -2.14. The van der Waals surface area contributed by atoms with Crippen molar-refractivity contribution in [1.82, 2.24) is 0 Å². The molecule has 0 aromatic heterocycles. The van der Waals surface area contributed by atoms with Crippen molar-refractivity contribution < 1.29 is 14.6 Å². The molecule has 1 atom stereocenters. The molecule has 0 heterocycles. The van der Waals surface area contributed by atoms with Crippen molar-refractivity contribution >= 4 is 0 Å². The Morgan fingerprint density at radius 3 is 2.33 bits per heavy atom. The number of aliphatic hydroxyl groups excluding tert-OH is 1. The summed E-state index contributed by atoms with van der Waals surface area (Å²) in [5, 5.41) is 9.65. The standard InChI is InChI=1S/C14H15NO3/c1-3-7-17-13-6-5-11(12(16)10-15)9-14(13)18-8-4-2/h1-2,5-6,9,12,16H,7-8,10,15H2. The van der Waals surface area contributed by atoms with E-state index in [1.807, 2.05) is 0 Å². The molecule has 1 unspecified atom stereocenters. The minimum Gasteiger partial charge on any atom is -0.477 e. The van der Waals surface area contributed by atoms with Gasteiger partial charge >= 0.3 is 0 Å². The first kappa shape index (κ1) is 13.9. The Morgan fingerprint density at radius 1 is 1.17 bits per heavy atom. The quantitative estimate of drug-likeness (QED) is 0.724. The van der Waals surface area contributed by atoms with E-state index in [1.165, 1.54) is 0 Å². The molecule has 0 spiro atoms. The predicted molar refractivity (Wildman–Crippen MR) is 69.1 cm³/mol. The second-order valence-electron chi connectivity index (χ2n) is 3.44. The molecule has 0 amide bonds. The first-order chi connectivity index (χ1) is 8.72. The third kappa shape index (κ3) is 3.71. The summed E-state index contributed by atoms with van der Waals surface area (Å²) in [4.78, 5) is 0. The summed E-state index contributed by atoms with van der Waals surface area (Å²) in [6, 6.07) is 5.00. The molecule has 1 rings (SSSR count). The molecular weight excluding hydrogens is 230 g/mol. The molecule has 0 saturated carbocycles. The minimum atomic E-state index is -0.750. The third-order valence-electron chi connectivity index (χ3n) is 2.20. The lowest BCUT2D eigenvalue weighted by molar-refractivity contribution is 0.186. The maximum absolute atomic E-state index is 9.65. The molecule has 0 saturated heterocycles. The van der Waals surface area contributed by atoms with Crippen LogP contribution in [0.25, 0.3) is 0 Å². The topological polar surface area (TPSA) is 64.7 Å². The Hall–Kier alpha value is -2.14. The SMILES string of the molecule is C#CCOc1ccc(C(O)CN)cc1OCC#C. The Labute approximate surface area is 107 Å². The highest BCUT2D eigenvalue weighted by atomic mass is 16.5. The summed E-state index contributed by atoms with van der Waals surface area (Å²) >= 11 is 0. The molecule has 94 valence electrons. The number of hydrogen-bond donors (Lipinski definition) is 2. The van der Waals surface area contributed by atoms with E-state index in [4.69, 9.17) is 28.1 Å². The van der Waals surface area contributed by atoms with Crippen LogP contribution in [0.5, 0.6) is 11.5 Å². The number of hydrogen-bond acceptors (Lipinski definition) is 4. The van der Waals surface area contributed by atoms with Crippen LogP contribution in [0, 0.1) is 24.7 Å². The maximum atomic E-state index is 9.65. The van der Waals surface area contributed by atoms with Crippen LogP contribution in [0.2, 0.25) is 0 Å². The molecule has 18 heavy (non-hydrogen) atoms. The number of benzene rings is 1. The van der Waals surface area contributed by atoms with Gasteiger partial charge in [-0.15, -0.1) is 12.8 Å². The van der Waals surface area contributed by atoms with Gasteiger partial charge in [-0.1, -0.05) is 17.9 Å². The van der Waals surface area contributed by atoms with Crippen LogP contribution in [0.3, 0.4) is 0 Å². The third-order valence-corrected chi connectivity index (χ3v) is 2.20. The number of ether oxygens (including phenoxy) is 2. The van der Waals surface area contributed by atoms with Gasteiger partial charge in [-0.25, -0.2) is 0 Å². The molecule has 0 aliphatic heterocycles. The number of nitrogens with two attached hydrogens (primary N) is 1. The number of aliphatic hydroxyl groups is 1. The molecule has 0 fully saturated rings. The van der Waals surface area contributed by atoms with E-state index in [1.54, 1.807) is 18.2 Å². The Kier molecular flexibility index (Phi) is 5.60. The summed E-state index contributed by atoms with van der Waals surface area (Å²) < 4.78 is 10.6. The largest absolute Gasteiger partial charge is 0.477 e. The number of rotatable bonds is 6. The molecule has 4 heteroatoms. The fraction of sp³-hybridized carbons (Fsp3) is 0.286. The van der Waals surface area contributed by atoms with E-state index >= 15 is 0 Å². The summed E-state index contributed by atoms with van der Waals surface area (Å²) in [5.41, 5.74) is 6.03. The van der Waals surface area contributed by atoms with Crippen LogP contribution in [0.15, 0.2) is 18.2 Å². The van der Waals surface area contributed by atoms with Crippen LogP contribution >= 0.6 is 0 Å². The molecule has 4 nitrogen and oxygen atoms in total. The van der Waals surface area contributed by atoms with E-state index < -0.39 is 6.10 Å². The highest BCUT2D eigenvalue weighted by molar-refractivity contribution is 5.44. The van der Waals surface area contributed by atoms with Gasteiger partial charge in [0.1, 0.15) is 13.2 Å². The average molecular weight is 245 g/mol. The lowest BCUT2D eigenvalue weighted by atomic mass is 10.1. The molecule has 0 aliphatic rings. The predicted octanol–water partition coefficient (Wildman–Crippen LogP) is 0.703. The number of terminal acetylenes is 2. The molecule has 1 aromatic rings. The summed E-state index contributed by atoms with van der Waals surface area (Å²) in [7, 11) is 0. The molecular formula is C14H15NO3. The van der Waals surface area contributed by atoms with Crippen molar-refractivity contribution in [2.45, 2.75) is 6.10 Å². The Morgan fingerprint density at radius 2 is 1.78 bits per heavy atom. The maximum Gasteiger partial charge on any atom is 0.163 e. The molecule has 0 radical (unpaired) electrons. The second-order valence-corrected chi connectivity index (χ2v) is 3.44. The van der Waals surface area contributed by atoms with E-state index in [0.717, 1.165) is 0 Å². The lowest BCUT2D eigenvalue weighted by Crippen LogP contribution is -2.12. The van der Waals surface area contributed by atoms with Crippen LogP contribution in [0.4, 0.5) is 0 Å². The van der Waals surface area contributed by atoms with Crippen molar-refractivity contribution in [3.63, 3.8) is 0 Å². The zero-order valence-corrected chi connectivity index (χ0v) is 9.93.